The second-order valence-corrected chi connectivity index (χ2v) is 6.03. The summed E-state index contributed by atoms with van der Waals surface area (Å²) in [7, 11) is 0. The molecule has 2 heterocycles. The summed E-state index contributed by atoms with van der Waals surface area (Å²) in [6, 6.07) is 7.89. The molecule has 0 bridgehead atoms. The minimum atomic E-state index is -1.20. The van der Waals surface area contributed by atoms with Crippen LogP contribution < -0.4 is 0 Å². The molecule has 124 valence electrons. The predicted molar refractivity (Wildman–Crippen MR) is 91.2 cm³/mol. The fourth-order valence-electron chi connectivity index (χ4n) is 3.48. The lowest BCUT2D eigenvalue weighted by Gasteiger charge is -2.42. The Morgan fingerprint density at radius 2 is 2.17 bits per heavy atom. The number of para-hydroxylation sites is 1. The first-order chi connectivity index (χ1) is 11.5. The molecule has 1 N–H and O–H groups in total. The van der Waals surface area contributed by atoms with E-state index >= 15 is 0 Å². The van der Waals surface area contributed by atoms with Gasteiger partial charge in [0.05, 0.1) is 5.69 Å². The number of rotatable bonds is 3. The van der Waals surface area contributed by atoms with E-state index in [9.17, 15) is 9.59 Å². The lowest BCUT2D eigenvalue weighted by molar-refractivity contribution is -0.164. The van der Waals surface area contributed by atoms with Gasteiger partial charge in [-0.1, -0.05) is 31.0 Å². The second-order valence-electron chi connectivity index (χ2n) is 6.03. The largest absolute Gasteiger partial charge is 0.450 e. The Morgan fingerprint density at radius 1 is 1.42 bits per heavy atom. The Balaban J connectivity index is 2.18. The van der Waals surface area contributed by atoms with Crippen molar-refractivity contribution < 1.29 is 14.3 Å². The number of esters is 1. The van der Waals surface area contributed by atoms with Crippen molar-refractivity contribution in [3.8, 4) is 12.3 Å². The van der Waals surface area contributed by atoms with Crippen molar-refractivity contribution in [1.82, 2.24) is 9.88 Å². The van der Waals surface area contributed by atoms with Crippen LogP contribution in [0.4, 0.5) is 0 Å². The molecular formula is C19H20N2O3. The lowest BCUT2D eigenvalue weighted by Crippen LogP contribution is -2.56. The van der Waals surface area contributed by atoms with E-state index in [0.29, 0.717) is 19.4 Å². The van der Waals surface area contributed by atoms with Crippen LogP contribution >= 0.6 is 0 Å². The quantitative estimate of drug-likeness (QED) is 0.696. The molecule has 1 aliphatic heterocycles. The predicted octanol–water partition coefficient (Wildman–Crippen LogP) is 2.35. The Bertz CT molecular complexity index is 846. The van der Waals surface area contributed by atoms with Gasteiger partial charge in [0, 0.05) is 23.9 Å². The van der Waals surface area contributed by atoms with E-state index in [4.69, 9.17) is 11.2 Å². The summed E-state index contributed by atoms with van der Waals surface area (Å²) in [4.78, 5) is 30.2. The SMILES string of the molecule is C#CCOC(=O)C1(C)c2[nH]c3ccccc3c2CCN1C(=O)CC. The van der Waals surface area contributed by atoms with E-state index in [1.807, 2.05) is 24.3 Å². The fourth-order valence-corrected chi connectivity index (χ4v) is 3.48. The van der Waals surface area contributed by atoms with Crippen molar-refractivity contribution in [3.63, 3.8) is 0 Å². The molecule has 5 heteroatoms. The van der Waals surface area contributed by atoms with Crippen LogP contribution in [0.15, 0.2) is 24.3 Å². The van der Waals surface area contributed by atoms with Crippen LogP contribution in [0.25, 0.3) is 10.9 Å². The average Bonchev–Trinajstić information content (AvgIpc) is 2.99. The molecule has 0 radical (unpaired) electrons. The van der Waals surface area contributed by atoms with E-state index in [1.165, 1.54) is 0 Å². The number of ether oxygens (including phenoxy) is 1. The molecule has 1 aromatic heterocycles. The highest BCUT2D eigenvalue weighted by molar-refractivity contribution is 5.94. The van der Waals surface area contributed by atoms with Crippen LogP contribution in [-0.2, 0) is 26.3 Å². The molecule has 2 aromatic rings. The van der Waals surface area contributed by atoms with Crippen LogP contribution in [0, 0.1) is 12.3 Å². The molecule has 0 spiro atoms. The summed E-state index contributed by atoms with van der Waals surface area (Å²) in [5.74, 6) is 1.72. The molecule has 3 rings (SSSR count). The van der Waals surface area contributed by atoms with Crippen LogP contribution in [0.2, 0.25) is 0 Å². The number of H-pyrrole nitrogens is 1. The maximum atomic E-state index is 12.8. The summed E-state index contributed by atoms with van der Waals surface area (Å²) in [6.45, 7) is 3.88. The van der Waals surface area contributed by atoms with Gasteiger partial charge in [0.1, 0.15) is 0 Å². The number of terminal acetylenes is 1. The lowest BCUT2D eigenvalue weighted by atomic mass is 9.86. The number of amides is 1. The van der Waals surface area contributed by atoms with Crippen molar-refractivity contribution in [2.45, 2.75) is 32.2 Å². The van der Waals surface area contributed by atoms with Gasteiger partial charge in [-0.25, -0.2) is 4.79 Å². The minimum absolute atomic E-state index is 0.0838. The summed E-state index contributed by atoms with van der Waals surface area (Å²) in [5.41, 5.74) is 1.53. The van der Waals surface area contributed by atoms with Crippen LogP contribution in [0.5, 0.6) is 0 Å². The van der Waals surface area contributed by atoms with Crippen molar-refractivity contribution >= 4 is 22.8 Å². The van der Waals surface area contributed by atoms with E-state index in [1.54, 1.807) is 18.7 Å². The number of hydrogen-bond donors (Lipinski definition) is 1. The summed E-state index contributed by atoms with van der Waals surface area (Å²) in [5, 5.41) is 1.08. The third-order valence-electron chi connectivity index (χ3n) is 4.71. The van der Waals surface area contributed by atoms with Gasteiger partial charge in [-0.05, 0) is 25.0 Å². The average molecular weight is 324 g/mol. The Hall–Kier alpha value is -2.74. The first-order valence-corrected chi connectivity index (χ1v) is 8.05. The molecule has 0 fully saturated rings. The van der Waals surface area contributed by atoms with Crippen molar-refractivity contribution in [2.24, 2.45) is 0 Å². The van der Waals surface area contributed by atoms with Crippen LogP contribution in [-0.4, -0.2) is 34.9 Å². The van der Waals surface area contributed by atoms with E-state index in [2.05, 4.69) is 10.9 Å². The Morgan fingerprint density at radius 3 is 2.88 bits per heavy atom. The topological polar surface area (TPSA) is 62.4 Å². The number of aromatic nitrogens is 1. The molecule has 1 unspecified atom stereocenters. The maximum absolute atomic E-state index is 12.8. The van der Waals surface area contributed by atoms with E-state index in [-0.39, 0.29) is 12.5 Å². The zero-order valence-corrected chi connectivity index (χ0v) is 13.9. The van der Waals surface area contributed by atoms with Gasteiger partial charge >= 0.3 is 5.97 Å². The smallest absolute Gasteiger partial charge is 0.339 e. The number of aromatic amines is 1. The number of nitrogens with zero attached hydrogens (tertiary/aromatic N) is 1. The molecule has 0 saturated carbocycles. The highest BCUT2D eigenvalue weighted by atomic mass is 16.5. The van der Waals surface area contributed by atoms with Crippen molar-refractivity contribution in [3.05, 3.63) is 35.5 Å². The fraction of sp³-hybridized carbons (Fsp3) is 0.368. The Kier molecular flexibility index (Phi) is 4.06. The Labute approximate surface area is 141 Å². The van der Waals surface area contributed by atoms with E-state index in [0.717, 1.165) is 22.2 Å². The molecule has 5 nitrogen and oxygen atoms in total. The zero-order valence-electron chi connectivity index (χ0n) is 13.9. The summed E-state index contributed by atoms with van der Waals surface area (Å²) < 4.78 is 5.22. The number of nitrogens with one attached hydrogen (secondary N) is 1. The monoisotopic (exact) mass is 324 g/mol. The molecule has 0 aliphatic carbocycles. The van der Waals surface area contributed by atoms with Gasteiger partial charge in [-0.3, -0.25) is 4.79 Å². The van der Waals surface area contributed by atoms with Gasteiger partial charge in [-0.15, -0.1) is 6.42 Å². The van der Waals surface area contributed by atoms with Crippen molar-refractivity contribution in [2.75, 3.05) is 13.2 Å². The third kappa shape index (κ3) is 2.26. The van der Waals surface area contributed by atoms with Crippen LogP contribution in [0.1, 0.15) is 31.5 Å². The summed E-state index contributed by atoms with van der Waals surface area (Å²) >= 11 is 0. The highest BCUT2D eigenvalue weighted by Crippen LogP contribution is 2.39. The molecule has 1 amide bonds. The van der Waals surface area contributed by atoms with Gasteiger partial charge < -0.3 is 14.6 Å². The number of fused-ring (bicyclic) bond motifs is 3. The standard InChI is InChI=1S/C19H20N2O3/c1-4-12-24-18(23)19(3)17-14(10-11-21(19)16(22)5-2)13-8-6-7-9-15(13)20-17/h1,6-9,20H,5,10-12H2,2-3H3. The maximum Gasteiger partial charge on any atom is 0.339 e. The van der Waals surface area contributed by atoms with Gasteiger partial charge in [0.15, 0.2) is 12.1 Å². The normalized spacial score (nSPS) is 19.6. The molecule has 0 saturated heterocycles. The zero-order chi connectivity index (χ0) is 17.3. The second kappa shape index (κ2) is 6.04. The number of hydrogen-bond acceptors (Lipinski definition) is 3. The van der Waals surface area contributed by atoms with Crippen molar-refractivity contribution in [1.29, 1.82) is 0 Å². The van der Waals surface area contributed by atoms with Gasteiger partial charge in [0.2, 0.25) is 5.91 Å². The molecule has 1 aliphatic rings. The number of carbonyl (C=O) groups excluding carboxylic acids is 2. The van der Waals surface area contributed by atoms with E-state index < -0.39 is 11.5 Å². The highest BCUT2D eigenvalue weighted by Gasteiger charge is 2.49. The van der Waals surface area contributed by atoms with Gasteiger partial charge in [-0.2, -0.15) is 0 Å². The molecular weight excluding hydrogens is 304 g/mol. The molecule has 1 aromatic carbocycles. The minimum Gasteiger partial charge on any atom is -0.450 e. The third-order valence-corrected chi connectivity index (χ3v) is 4.71. The molecule has 1 atom stereocenters. The first kappa shape index (κ1) is 16.1. The number of benzene rings is 1. The van der Waals surface area contributed by atoms with Crippen LogP contribution in [0.3, 0.4) is 0 Å². The van der Waals surface area contributed by atoms with Gasteiger partial charge in [0.25, 0.3) is 0 Å². The summed E-state index contributed by atoms with van der Waals surface area (Å²) in [6.07, 6.45) is 6.23. The number of carbonyl (C=O) groups is 2. The first-order valence-electron chi connectivity index (χ1n) is 8.05. The molecule has 24 heavy (non-hydrogen) atoms.